The van der Waals surface area contributed by atoms with E-state index in [0.717, 1.165) is 25.2 Å². The van der Waals surface area contributed by atoms with Gasteiger partial charge in [-0.05, 0) is 25.0 Å². The van der Waals surface area contributed by atoms with E-state index in [1.165, 1.54) is 11.3 Å². The molecule has 0 radical (unpaired) electrons. The van der Waals surface area contributed by atoms with Crippen LogP contribution in [-0.2, 0) is 4.79 Å². The van der Waals surface area contributed by atoms with Crippen molar-refractivity contribution in [2.45, 2.75) is 12.8 Å². The lowest BCUT2D eigenvalue weighted by Crippen LogP contribution is -2.41. The molecule has 0 spiro atoms. The van der Waals surface area contributed by atoms with Crippen molar-refractivity contribution in [3.8, 4) is 0 Å². The van der Waals surface area contributed by atoms with Gasteiger partial charge in [0.25, 0.3) is 0 Å². The van der Waals surface area contributed by atoms with E-state index in [0.29, 0.717) is 16.8 Å². The van der Waals surface area contributed by atoms with Gasteiger partial charge in [-0.2, -0.15) is 0 Å². The zero-order valence-electron chi connectivity index (χ0n) is 11.1. The fourth-order valence-corrected chi connectivity index (χ4v) is 2.86. The minimum absolute atomic E-state index is 0.0293. The second-order valence-corrected chi connectivity index (χ2v) is 5.95. The first kappa shape index (κ1) is 14.2. The van der Waals surface area contributed by atoms with Gasteiger partial charge in [-0.1, -0.05) is 22.9 Å². The number of amides is 1. The van der Waals surface area contributed by atoms with Crippen LogP contribution in [0.1, 0.15) is 12.8 Å². The number of piperidine rings is 1. The summed E-state index contributed by atoms with van der Waals surface area (Å²) >= 11 is 7.05. The second-order valence-electron chi connectivity index (χ2n) is 4.73. The van der Waals surface area contributed by atoms with Crippen LogP contribution < -0.4 is 10.2 Å². The molecule has 0 aromatic carbocycles. The molecule has 1 amide bonds. The van der Waals surface area contributed by atoms with Crippen LogP contribution in [0.5, 0.6) is 0 Å². The zero-order chi connectivity index (χ0) is 14.7. The SMILES string of the molecule is O=C(Nc1nncs1)C1CCCN(c2ccc(Cl)nn2)C1. The molecule has 1 unspecified atom stereocenters. The third kappa shape index (κ3) is 3.45. The third-order valence-corrected chi connectivity index (χ3v) is 4.13. The van der Waals surface area contributed by atoms with E-state index in [-0.39, 0.29) is 11.8 Å². The molecular weight excluding hydrogens is 312 g/mol. The number of hydrogen-bond acceptors (Lipinski definition) is 7. The number of nitrogens with one attached hydrogen (secondary N) is 1. The van der Waals surface area contributed by atoms with Crippen LogP contribution >= 0.6 is 22.9 Å². The Bertz CT molecular complexity index is 605. The summed E-state index contributed by atoms with van der Waals surface area (Å²) in [6.07, 6.45) is 1.78. The average molecular weight is 325 g/mol. The molecule has 1 atom stereocenters. The topological polar surface area (TPSA) is 83.9 Å². The first-order chi connectivity index (χ1) is 10.2. The van der Waals surface area contributed by atoms with Gasteiger partial charge in [0, 0.05) is 13.1 Å². The molecule has 1 aliphatic rings. The minimum atomic E-state index is -0.0971. The second kappa shape index (κ2) is 6.31. The summed E-state index contributed by atoms with van der Waals surface area (Å²) in [7, 11) is 0. The van der Waals surface area contributed by atoms with E-state index in [2.05, 4.69) is 30.6 Å². The van der Waals surface area contributed by atoms with Gasteiger partial charge in [0.2, 0.25) is 11.0 Å². The maximum absolute atomic E-state index is 12.2. The largest absolute Gasteiger partial charge is 0.354 e. The number of nitrogens with zero attached hydrogens (tertiary/aromatic N) is 5. The highest BCUT2D eigenvalue weighted by Crippen LogP contribution is 2.23. The normalized spacial score (nSPS) is 18.5. The zero-order valence-corrected chi connectivity index (χ0v) is 12.6. The fraction of sp³-hybridized carbons (Fsp3) is 0.417. The van der Waals surface area contributed by atoms with E-state index in [1.807, 2.05) is 6.07 Å². The molecule has 0 aliphatic carbocycles. The quantitative estimate of drug-likeness (QED) is 0.927. The van der Waals surface area contributed by atoms with Gasteiger partial charge < -0.3 is 10.2 Å². The Balaban J connectivity index is 1.65. The third-order valence-electron chi connectivity index (χ3n) is 3.32. The Kier molecular flexibility index (Phi) is 4.26. The molecule has 0 bridgehead atoms. The lowest BCUT2D eigenvalue weighted by Gasteiger charge is -2.32. The summed E-state index contributed by atoms with van der Waals surface area (Å²) in [5.74, 6) is 0.617. The molecule has 1 fully saturated rings. The van der Waals surface area contributed by atoms with E-state index < -0.39 is 0 Å². The molecule has 3 heterocycles. The van der Waals surface area contributed by atoms with Gasteiger partial charge in [0.1, 0.15) is 5.51 Å². The Morgan fingerprint density at radius 1 is 1.38 bits per heavy atom. The summed E-state index contributed by atoms with van der Waals surface area (Å²) in [6, 6.07) is 3.52. The molecule has 110 valence electrons. The number of halogens is 1. The lowest BCUT2D eigenvalue weighted by molar-refractivity contribution is -0.120. The molecule has 21 heavy (non-hydrogen) atoms. The van der Waals surface area contributed by atoms with Gasteiger partial charge in [-0.15, -0.1) is 20.4 Å². The Labute approximate surface area is 130 Å². The molecule has 2 aromatic heterocycles. The maximum Gasteiger partial charge on any atom is 0.231 e. The highest BCUT2D eigenvalue weighted by atomic mass is 35.5. The molecule has 1 aliphatic heterocycles. The molecule has 1 saturated heterocycles. The summed E-state index contributed by atoms with van der Waals surface area (Å²) in [5.41, 5.74) is 1.59. The number of carbonyl (C=O) groups is 1. The van der Waals surface area contributed by atoms with Gasteiger partial charge in [-0.25, -0.2) is 0 Å². The molecular formula is C12H13ClN6OS. The van der Waals surface area contributed by atoms with Crippen LogP contribution in [0, 0.1) is 5.92 Å². The van der Waals surface area contributed by atoms with Gasteiger partial charge in [-0.3, -0.25) is 4.79 Å². The smallest absolute Gasteiger partial charge is 0.231 e. The summed E-state index contributed by atoms with van der Waals surface area (Å²) in [5, 5.41) is 19.1. The van der Waals surface area contributed by atoms with Crippen molar-refractivity contribution in [1.82, 2.24) is 20.4 Å². The molecule has 7 nitrogen and oxygen atoms in total. The molecule has 2 aromatic rings. The first-order valence-electron chi connectivity index (χ1n) is 6.53. The maximum atomic E-state index is 12.2. The van der Waals surface area contributed by atoms with Crippen molar-refractivity contribution in [1.29, 1.82) is 0 Å². The molecule has 0 saturated carbocycles. The number of rotatable bonds is 3. The summed E-state index contributed by atoms with van der Waals surface area (Å²) < 4.78 is 0. The first-order valence-corrected chi connectivity index (χ1v) is 7.79. The minimum Gasteiger partial charge on any atom is -0.354 e. The van der Waals surface area contributed by atoms with Crippen molar-refractivity contribution in [3.63, 3.8) is 0 Å². The van der Waals surface area contributed by atoms with Crippen molar-refractivity contribution >= 4 is 39.8 Å². The van der Waals surface area contributed by atoms with Crippen LogP contribution in [0.2, 0.25) is 5.15 Å². The monoisotopic (exact) mass is 324 g/mol. The van der Waals surface area contributed by atoms with Crippen LogP contribution in [0.4, 0.5) is 10.9 Å². The van der Waals surface area contributed by atoms with E-state index in [4.69, 9.17) is 11.6 Å². The van der Waals surface area contributed by atoms with Gasteiger partial charge in [0.15, 0.2) is 11.0 Å². The molecule has 3 rings (SSSR count). The number of hydrogen-bond donors (Lipinski definition) is 1. The molecule has 1 N–H and O–H groups in total. The van der Waals surface area contributed by atoms with E-state index >= 15 is 0 Å². The van der Waals surface area contributed by atoms with Crippen LogP contribution in [0.25, 0.3) is 0 Å². The highest BCUT2D eigenvalue weighted by Gasteiger charge is 2.27. The van der Waals surface area contributed by atoms with Crippen molar-refractivity contribution in [3.05, 3.63) is 22.8 Å². The Morgan fingerprint density at radius 2 is 2.29 bits per heavy atom. The Morgan fingerprint density at radius 3 is 3.00 bits per heavy atom. The lowest BCUT2D eigenvalue weighted by atomic mass is 9.97. The Hall–Kier alpha value is -1.80. The highest BCUT2D eigenvalue weighted by molar-refractivity contribution is 7.13. The summed E-state index contributed by atoms with van der Waals surface area (Å²) in [6.45, 7) is 1.47. The van der Waals surface area contributed by atoms with Crippen LogP contribution in [-0.4, -0.2) is 39.4 Å². The summed E-state index contributed by atoms with van der Waals surface area (Å²) in [4.78, 5) is 14.3. The van der Waals surface area contributed by atoms with Crippen molar-refractivity contribution in [2.75, 3.05) is 23.3 Å². The van der Waals surface area contributed by atoms with Crippen molar-refractivity contribution < 1.29 is 4.79 Å². The fourth-order valence-electron chi connectivity index (χ4n) is 2.31. The van der Waals surface area contributed by atoms with E-state index in [9.17, 15) is 4.79 Å². The van der Waals surface area contributed by atoms with Crippen molar-refractivity contribution in [2.24, 2.45) is 5.92 Å². The molecule has 9 heteroatoms. The predicted octanol–water partition coefficient (Wildman–Crippen LogP) is 1.84. The number of aromatic nitrogens is 4. The standard InChI is InChI=1S/C12H13ClN6OS/c13-9-3-4-10(17-16-9)19-5-1-2-8(6-19)11(20)15-12-18-14-7-21-12/h3-4,7-8H,1-2,5-6H2,(H,15,18,20). The van der Waals surface area contributed by atoms with Gasteiger partial charge >= 0.3 is 0 Å². The number of anilines is 2. The predicted molar refractivity (Wildman–Crippen MR) is 80.5 cm³/mol. The number of carbonyl (C=O) groups excluding carboxylic acids is 1. The average Bonchev–Trinajstić information content (AvgIpc) is 3.01. The van der Waals surface area contributed by atoms with Gasteiger partial charge in [0.05, 0.1) is 5.92 Å². The van der Waals surface area contributed by atoms with E-state index in [1.54, 1.807) is 11.6 Å². The van der Waals surface area contributed by atoms with Crippen LogP contribution in [0.15, 0.2) is 17.6 Å². The van der Waals surface area contributed by atoms with Crippen LogP contribution in [0.3, 0.4) is 0 Å².